The maximum Gasteiger partial charge on any atom is 0.338 e. The Morgan fingerprint density at radius 1 is 1.27 bits per heavy atom. The number of hydrogen-bond acceptors (Lipinski definition) is 7. The molecule has 1 aromatic heterocycles. The minimum absolute atomic E-state index is 0.0100. The highest BCUT2D eigenvalue weighted by Crippen LogP contribution is 2.21. The lowest BCUT2D eigenvalue weighted by Gasteiger charge is -2.08. The van der Waals surface area contributed by atoms with Gasteiger partial charge in [-0.15, -0.1) is 0 Å². The summed E-state index contributed by atoms with van der Waals surface area (Å²) in [5.74, 6) is -1.59. The van der Waals surface area contributed by atoms with Crippen molar-refractivity contribution in [1.29, 1.82) is 5.26 Å². The fourth-order valence-corrected chi connectivity index (χ4v) is 2.29. The number of nitrogens with one attached hydrogen (secondary N) is 1. The van der Waals surface area contributed by atoms with Crippen LogP contribution in [0.25, 0.3) is 0 Å². The molecule has 1 N–H and O–H groups in total. The standard InChI is InChI=1S/C15H8Cl2N4O5/c16-12-4-8(5-13(17)20-12)15(23)26-7-14(22)19-11-2-1-10(21(24)25)3-9(11)6-18/h1-5H,7H2,(H,19,22). The summed E-state index contributed by atoms with van der Waals surface area (Å²) >= 11 is 11.3. The number of nitro benzene ring substituents is 1. The average Bonchev–Trinajstić information content (AvgIpc) is 2.58. The minimum atomic E-state index is -0.851. The number of hydrogen-bond donors (Lipinski definition) is 1. The number of aromatic nitrogens is 1. The summed E-state index contributed by atoms with van der Waals surface area (Å²) in [5.41, 5.74) is -0.339. The van der Waals surface area contributed by atoms with Gasteiger partial charge in [-0.2, -0.15) is 5.26 Å². The number of nitrogens with zero attached hydrogens (tertiary/aromatic N) is 3. The molecule has 0 fully saturated rings. The van der Waals surface area contributed by atoms with E-state index in [-0.39, 0.29) is 32.8 Å². The van der Waals surface area contributed by atoms with Gasteiger partial charge >= 0.3 is 5.97 Å². The molecule has 0 unspecified atom stereocenters. The zero-order valence-electron chi connectivity index (χ0n) is 12.7. The third-order valence-electron chi connectivity index (χ3n) is 2.94. The number of carbonyl (C=O) groups excluding carboxylic acids is 2. The highest BCUT2D eigenvalue weighted by molar-refractivity contribution is 6.32. The third kappa shape index (κ3) is 4.89. The van der Waals surface area contributed by atoms with E-state index in [1.54, 1.807) is 6.07 Å². The molecule has 1 aromatic carbocycles. The van der Waals surface area contributed by atoms with Crippen molar-refractivity contribution in [2.45, 2.75) is 0 Å². The SMILES string of the molecule is N#Cc1cc([N+](=O)[O-])ccc1NC(=O)COC(=O)c1cc(Cl)nc(Cl)c1. The smallest absolute Gasteiger partial charge is 0.338 e. The van der Waals surface area contributed by atoms with Crippen LogP contribution in [0.3, 0.4) is 0 Å². The Hall–Kier alpha value is -3.22. The average molecular weight is 395 g/mol. The second-order valence-electron chi connectivity index (χ2n) is 4.72. The lowest BCUT2D eigenvalue weighted by molar-refractivity contribution is -0.384. The number of anilines is 1. The maximum absolute atomic E-state index is 11.9. The molecule has 0 saturated carbocycles. The van der Waals surface area contributed by atoms with Crippen LogP contribution in [0.15, 0.2) is 30.3 Å². The van der Waals surface area contributed by atoms with Crippen LogP contribution in [0.4, 0.5) is 11.4 Å². The van der Waals surface area contributed by atoms with E-state index in [1.807, 2.05) is 0 Å². The zero-order chi connectivity index (χ0) is 19.3. The number of ether oxygens (including phenoxy) is 1. The third-order valence-corrected chi connectivity index (χ3v) is 3.33. The number of nitriles is 1. The van der Waals surface area contributed by atoms with Crippen LogP contribution in [0.1, 0.15) is 15.9 Å². The predicted octanol–water partition coefficient (Wildman–Crippen LogP) is 2.96. The summed E-state index contributed by atoms with van der Waals surface area (Å²) in [7, 11) is 0. The van der Waals surface area contributed by atoms with Gasteiger partial charge in [-0.25, -0.2) is 9.78 Å². The van der Waals surface area contributed by atoms with Gasteiger partial charge in [-0.3, -0.25) is 14.9 Å². The van der Waals surface area contributed by atoms with Crippen molar-refractivity contribution in [1.82, 2.24) is 4.98 Å². The number of non-ortho nitro benzene ring substituents is 1. The first-order chi connectivity index (χ1) is 12.3. The van der Waals surface area contributed by atoms with Gasteiger partial charge in [0.25, 0.3) is 11.6 Å². The van der Waals surface area contributed by atoms with Crippen LogP contribution in [-0.2, 0) is 9.53 Å². The van der Waals surface area contributed by atoms with E-state index in [2.05, 4.69) is 10.3 Å². The number of pyridine rings is 1. The van der Waals surface area contributed by atoms with E-state index in [0.29, 0.717) is 0 Å². The number of halogens is 2. The maximum atomic E-state index is 11.9. The summed E-state index contributed by atoms with van der Waals surface area (Å²) in [5, 5.41) is 22.0. The highest BCUT2D eigenvalue weighted by atomic mass is 35.5. The Morgan fingerprint density at radius 3 is 2.50 bits per heavy atom. The molecule has 0 aliphatic heterocycles. The molecule has 0 radical (unpaired) electrons. The quantitative estimate of drug-likeness (QED) is 0.356. The molecule has 2 aromatic rings. The molecule has 0 atom stereocenters. The first-order valence-electron chi connectivity index (χ1n) is 6.78. The summed E-state index contributed by atoms with van der Waals surface area (Å²) < 4.78 is 4.82. The van der Waals surface area contributed by atoms with Gasteiger partial charge in [0.1, 0.15) is 16.4 Å². The summed E-state index contributed by atoms with van der Waals surface area (Å²) in [6.07, 6.45) is 0. The van der Waals surface area contributed by atoms with Crippen LogP contribution in [0.5, 0.6) is 0 Å². The topological polar surface area (TPSA) is 135 Å². The predicted molar refractivity (Wildman–Crippen MR) is 91.0 cm³/mol. The molecule has 0 saturated heterocycles. The molecule has 11 heteroatoms. The van der Waals surface area contributed by atoms with Gasteiger partial charge in [0, 0.05) is 12.1 Å². The number of carbonyl (C=O) groups is 2. The van der Waals surface area contributed by atoms with Crippen molar-refractivity contribution in [3.05, 3.63) is 61.9 Å². The fourth-order valence-electron chi connectivity index (χ4n) is 1.83. The molecule has 0 aliphatic carbocycles. The van der Waals surface area contributed by atoms with Gasteiger partial charge in [0.15, 0.2) is 6.61 Å². The van der Waals surface area contributed by atoms with Crippen molar-refractivity contribution in [2.24, 2.45) is 0 Å². The summed E-state index contributed by atoms with van der Waals surface area (Å²) in [4.78, 5) is 37.4. The fraction of sp³-hybridized carbons (Fsp3) is 0.0667. The Morgan fingerprint density at radius 2 is 1.92 bits per heavy atom. The molecule has 9 nitrogen and oxygen atoms in total. The van der Waals surface area contributed by atoms with Crippen molar-refractivity contribution in [3.63, 3.8) is 0 Å². The van der Waals surface area contributed by atoms with Crippen molar-refractivity contribution < 1.29 is 19.2 Å². The van der Waals surface area contributed by atoms with Crippen LogP contribution in [0.2, 0.25) is 10.3 Å². The van der Waals surface area contributed by atoms with Crippen LogP contribution < -0.4 is 5.32 Å². The van der Waals surface area contributed by atoms with Gasteiger partial charge < -0.3 is 10.1 Å². The lowest BCUT2D eigenvalue weighted by Crippen LogP contribution is -2.21. The lowest BCUT2D eigenvalue weighted by atomic mass is 10.1. The van der Waals surface area contributed by atoms with E-state index < -0.39 is 23.4 Å². The van der Waals surface area contributed by atoms with E-state index in [9.17, 15) is 19.7 Å². The zero-order valence-corrected chi connectivity index (χ0v) is 14.2. The Balaban J connectivity index is 2.02. The van der Waals surface area contributed by atoms with E-state index in [1.165, 1.54) is 18.2 Å². The second kappa shape index (κ2) is 8.24. The summed E-state index contributed by atoms with van der Waals surface area (Å²) in [6.45, 7) is -0.655. The van der Waals surface area contributed by atoms with Crippen LogP contribution in [0, 0.1) is 21.4 Å². The Kier molecular flexibility index (Phi) is 6.06. The van der Waals surface area contributed by atoms with Gasteiger partial charge in [0.2, 0.25) is 0 Å². The van der Waals surface area contributed by atoms with E-state index in [0.717, 1.165) is 12.1 Å². The first-order valence-corrected chi connectivity index (χ1v) is 7.54. The minimum Gasteiger partial charge on any atom is -0.452 e. The van der Waals surface area contributed by atoms with Gasteiger partial charge in [0.05, 0.1) is 21.7 Å². The molecular weight excluding hydrogens is 387 g/mol. The van der Waals surface area contributed by atoms with Crippen LogP contribution >= 0.6 is 23.2 Å². The van der Waals surface area contributed by atoms with Crippen molar-refractivity contribution >= 4 is 46.5 Å². The van der Waals surface area contributed by atoms with Gasteiger partial charge in [-0.1, -0.05) is 23.2 Å². The monoisotopic (exact) mass is 394 g/mol. The summed E-state index contributed by atoms with van der Waals surface area (Å²) in [6, 6.07) is 7.53. The van der Waals surface area contributed by atoms with Gasteiger partial charge in [-0.05, 0) is 18.2 Å². The van der Waals surface area contributed by atoms with E-state index >= 15 is 0 Å². The molecule has 0 spiro atoms. The number of rotatable bonds is 5. The first kappa shape index (κ1) is 19.1. The Labute approximate surface area is 156 Å². The van der Waals surface area contributed by atoms with E-state index in [4.69, 9.17) is 33.2 Å². The normalized spacial score (nSPS) is 9.88. The highest BCUT2D eigenvalue weighted by Gasteiger charge is 2.15. The molecule has 26 heavy (non-hydrogen) atoms. The molecule has 132 valence electrons. The number of benzene rings is 1. The Bertz CT molecular complexity index is 922. The number of esters is 1. The molecule has 2 rings (SSSR count). The molecule has 1 amide bonds. The van der Waals surface area contributed by atoms with Crippen molar-refractivity contribution in [2.75, 3.05) is 11.9 Å². The molecule has 0 bridgehead atoms. The molecule has 0 aliphatic rings. The second-order valence-corrected chi connectivity index (χ2v) is 5.50. The molecular formula is C15H8Cl2N4O5. The van der Waals surface area contributed by atoms with Crippen molar-refractivity contribution in [3.8, 4) is 6.07 Å². The number of amides is 1. The largest absolute Gasteiger partial charge is 0.452 e. The number of nitro groups is 1. The molecule has 1 heterocycles. The van der Waals surface area contributed by atoms with Crippen LogP contribution in [-0.4, -0.2) is 28.4 Å².